The Hall–Kier alpha value is -1.16. The lowest BCUT2D eigenvalue weighted by atomic mass is 10.1. The minimum atomic E-state index is 0.123. The fourth-order valence-electron chi connectivity index (χ4n) is 2.73. The summed E-state index contributed by atoms with van der Waals surface area (Å²) in [4.78, 5) is 11.5. The van der Waals surface area contributed by atoms with Crippen LogP contribution in [0.2, 0.25) is 0 Å². The van der Waals surface area contributed by atoms with E-state index in [0.717, 1.165) is 24.6 Å². The molecule has 0 aromatic carbocycles. The molecular formula is C16H28N4. The third-order valence-electron chi connectivity index (χ3n) is 3.88. The fraction of sp³-hybridized carbons (Fsp3) is 0.750. The van der Waals surface area contributed by atoms with E-state index >= 15 is 0 Å². The van der Waals surface area contributed by atoms with Crippen LogP contribution in [-0.4, -0.2) is 28.1 Å². The average Bonchev–Trinajstić information content (AvgIpc) is 2.92. The van der Waals surface area contributed by atoms with E-state index in [-0.39, 0.29) is 5.54 Å². The van der Waals surface area contributed by atoms with Crippen molar-refractivity contribution in [2.45, 2.75) is 71.5 Å². The first-order valence-electron chi connectivity index (χ1n) is 7.82. The maximum Gasteiger partial charge on any atom is 0.225 e. The van der Waals surface area contributed by atoms with Gasteiger partial charge < -0.3 is 10.2 Å². The van der Waals surface area contributed by atoms with E-state index in [4.69, 9.17) is 0 Å². The maximum absolute atomic E-state index is 4.57. The zero-order valence-electron chi connectivity index (χ0n) is 13.3. The van der Waals surface area contributed by atoms with Gasteiger partial charge in [0.05, 0.1) is 0 Å². The van der Waals surface area contributed by atoms with E-state index in [2.05, 4.69) is 47.9 Å². The molecule has 0 spiro atoms. The van der Waals surface area contributed by atoms with E-state index in [9.17, 15) is 0 Å². The lowest BCUT2D eigenvalue weighted by Gasteiger charge is -2.27. The van der Waals surface area contributed by atoms with Gasteiger partial charge in [-0.15, -0.1) is 0 Å². The summed E-state index contributed by atoms with van der Waals surface area (Å²) in [6.07, 6.45) is 9.16. The number of nitrogens with zero attached hydrogens (tertiary/aromatic N) is 3. The van der Waals surface area contributed by atoms with Crippen molar-refractivity contribution in [1.82, 2.24) is 15.3 Å². The first-order valence-corrected chi connectivity index (χ1v) is 7.82. The van der Waals surface area contributed by atoms with E-state index in [1.165, 1.54) is 25.7 Å². The molecule has 0 bridgehead atoms. The molecule has 1 aromatic rings. The van der Waals surface area contributed by atoms with Crippen molar-refractivity contribution in [3.05, 3.63) is 18.0 Å². The zero-order valence-corrected chi connectivity index (χ0v) is 13.3. The van der Waals surface area contributed by atoms with Gasteiger partial charge in [-0.25, -0.2) is 9.97 Å². The quantitative estimate of drug-likeness (QED) is 0.897. The molecule has 112 valence electrons. The number of hydrogen-bond donors (Lipinski definition) is 1. The Morgan fingerprint density at radius 3 is 2.30 bits per heavy atom. The molecule has 0 saturated heterocycles. The normalized spacial score (nSPS) is 16.6. The highest BCUT2D eigenvalue weighted by Gasteiger charge is 2.23. The third-order valence-corrected chi connectivity index (χ3v) is 3.88. The molecule has 0 aliphatic heterocycles. The van der Waals surface area contributed by atoms with Crippen molar-refractivity contribution >= 4 is 5.95 Å². The van der Waals surface area contributed by atoms with Crippen LogP contribution < -0.4 is 10.2 Å². The van der Waals surface area contributed by atoms with E-state index < -0.39 is 0 Å². The van der Waals surface area contributed by atoms with E-state index in [1.807, 2.05) is 12.4 Å². The van der Waals surface area contributed by atoms with Crippen LogP contribution in [0.5, 0.6) is 0 Å². The van der Waals surface area contributed by atoms with Gasteiger partial charge in [0.2, 0.25) is 5.95 Å². The molecule has 0 atom stereocenters. The monoisotopic (exact) mass is 276 g/mol. The largest absolute Gasteiger partial charge is 0.338 e. The van der Waals surface area contributed by atoms with Gasteiger partial charge in [-0.3, -0.25) is 0 Å². The van der Waals surface area contributed by atoms with Crippen LogP contribution in [0.1, 0.15) is 58.9 Å². The minimum absolute atomic E-state index is 0.123. The zero-order chi connectivity index (χ0) is 14.6. The predicted octanol–water partition coefficient (Wildman–Crippen LogP) is 3.13. The predicted molar refractivity (Wildman–Crippen MR) is 83.9 cm³/mol. The molecule has 1 saturated carbocycles. The summed E-state index contributed by atoms with van der Waals surface area (Å²) in [6.45, 7) is 10.5. The summed E-state index contributed by atoms with van der Waals surface area (Å²) in [5.74, 6) is 0.888. The van der Waals surface area contributed by atoms with Gasteiger partial charge in [0.25, 0.3) is 0 Å². The molecule has 1 aliphatic carbocycles. The van der Waals surface area contributed by atoms with Gasteiger partial charge >= 0.3 is 0 Å². The summed E-state index contributed by atoms with van der Waals surface area (Å²) in [7, 11) is 0. The third kappa shape index (κ3) is 4.17. The summed E-state index contributed by atoms with van der Waals surface area (Å²) in [6, 6.07) is 0.638. The molecule has 0 unspecified atom stereocenters. The molecule has 1 aromatic heterocycles. The van der Waals surface area contributed by atoms with Crippen LogP contribution >= 0.6 is 0 Å². The summed E-state index contributed by atoms with van der Waals surface area (Å²) in [5.41, 5.74) is 1.27. The number of aromatic nitrogens is 2. The first kappa shape index (κ1) is 15.2. The van der Waals surface area contributed by atoms with Crippen LogP contribution in [0.15, 0.2) is 12.4 Å². The van der Waals surface area contributed by atoms with Crippen molar-refractivity contribution in [3.8, 4) is 0 Å². The van der Waals surface area contributed by atoms with Crippen molar-refractivity contribution in [3.63, 3.8) is 0 Å². The highest BCUT2D eigenvalue weighted by atomic mass is 15.3. The Bertz CT molecular complexity index is 401. The highest BCUT2D eigenvalue weighted by molar-refractivity contribution is 5.32. The molecule has 4 heteroatoms. The van der Waals surface area contributed by atoms with Crippen molar-refractivity contribution < 1.29 is 0 Å². The van der Waals surface area contributed by atoms with Gasteiger partial charge in [0, 0.05) is 42.6 Å². The Balaban J connectivity index is 1.99. The molecule has 20 heavy (non-hydrogen) atoms. The lowest BCUT2D eigenvalue weighted by molar-refractivity contribution is 0.423. The van der Waals surface area contributed by atoms with Crippen LogP contribution in [0.25, 0.3) is 0 Å². The Kier molecular flexibility index (Phi) is 4.97. The van der Waals surface area contributed by atoms with Crippen molar-refractivity contribution in [2.75, 3.05) is 11.4 Å². The van der Waals surface area contributed by atoms with Crippen molar-refractivity contribution in [2.24, 2.45) is 0 Å². The number of rotatable bonds is 5. The Morgan fingerprint density at radius 1 is 1.20 bits per heavy atom. The summed E-state index contributed by atoms with van der Waals surface area (Å²) < 4.78 is 0. The van der Waals surface area contributed by atoms with Gasteiger partial charge in [0.1, 0.15) is 0 Å². The number of nitrogens with one attached hydrogen (secondary N) is 1. The van der Waals surface area contributed by atoms with Crippen LogP contribution in [0.4, 0.5) is 5.95 Å². The topological polar surface area (TPSA) is 41.1 Å². The second kappa shape index (κ2) is 6.53. The Labute approximate surface area is 123 Å². The standard InChI is InChI=1S/C16H28N4/c1-5-20(14-8-6-7-9-14)15-17-10-13(11-18-15)12-19-16(2,3)4/h10-11,14,19H,5-9,12H2,1-4H3. The molecule has 4 nitrogen and oxygen atoms in total. The van der Waals surface area contributed by atoms with E-state index in [0.29, 0.717) is 6.04 Å². The number of hydrogen-bond acceptors (Lipinski definition) is 4. The molecule has 1 N–H and O–H groups in total. The van der Waals surface area contributed by atoms with Gasteiger partial charge in [0.15, 0.2) is 0 Å². The molecule has 2 rings (SSSR count). The molecule has 1 heterocycles. The maximum atomic E-state index is 4.57. The lowest BCUT2D eigenvalue weighted by Crippen LogP contribution is -2.36. The molecule has 0 amide bonds. The first-order chi connectivity index (χ1) is 9.49. The second-order valence-corrected chi connectivity index (χ2v) is 6.72. The average molecular weight is 276 g/mol. The van der Waals surface area contributed by atoms with Crippen LogP contribution in [0, 0.1) is 0 Å². The Morgan fingerprint density at radius 2 is 1.80 bits per heavy atom. The van der Waals surface area contributed by atoms with Crippen LogP contribution in [-0.2, 0) is 6.54 Å². The van der Waals surface area contributed by atoms with Gasteiger partial charge in [-0.1, -0.05) is 12.8 Å². The fourth-order valence-corrected chi connectivity index (χ4v) is 2.73. The smallest absolute Gasteiger partial charge is 0.225 e. The molecule has 1 fully saturated rings. The van der Waals surface area contributed by atoms with Gasteiger partial charge in [-0.05, 0) is 40.5 Å². The SMILES string of the molecule is CCN(c1ncc(CNC(C)(C)C)cn1)C1CCCC1. The second-order valence-electron chi connectivity index (χ2n) is 6.72. The summed E-state index contributed by atoms with van der Waals surface area (Å²) >= 11 is 0. The number of anilines is 1. The minimum Gasteiger partial charge on any atom is -0.338 e. The highest BCUT2D eigenvalue weighted by Crippen LogP contribution is 2.25. The summed E-state index contributed by atoms with van der Waals surface area (Å²) in [5, 5.41) is 3.46. The van der Waals surface area contributed by atoms with Gasteiger partial charge in [-0.2, -0.15) is 0 Å². The molecular weight excluding hydrogens is 248 g/mol. The molecule has 1 aliphatic rings. The van der Waals surface area contributed by atoms with E-state index in [1.54, 1.807) is 0 Å². The van der Waals surface area contributed by atoms with Crippen molar-refractivity contribution in [1.29, 1.82) is 0 Å². The molecule has 0 radical (unpaired) electrons. The van der Waals surface area contributed by atoms with Crippen LogP contribution in [0.3, 0.4) is 0 Å².